The zero-order valence-corrected chi connectivity index (χ0v) is 14.2. The smallest absolute Gasteiger partial charge is 0.261 e. The molecule has 2 aromatic rings. The molecule has 0 aliphatic rings. The molecule has 0 bridgehead atoms. The number of thiophene rings is 1. The van der Waals surface area contributed by atoms with E-state index in [2.05, 4.69) is 29.2 Å². The highest BCUT2D eigenvalue weighted by molar-refractivity contribution is 7.14. The van der Waals surface area contributed by atoms with Crippen LogP contribution in [0.1, 0.15) is 46.7 Å². The molecule has 2 heterocycles. The molecule has 2 aromatic heterocycles. The molecule has 0 aromatic carbocycles. The molecule has 0 aliphatic heterocycles. The van der Waals surface area contributed by atoms with Crippen molar-refractivity contribution < 1.29 is 9.53 Å². The summed E-state index contributed by atoms with van der Waals surface area (Å²) < 4.78 is 6.79. The van der Waals surface area contributed by atoms with Crippen molar-refractivity contribution in [2.75, 3.05) is 7.11 Å². The number of carbonyl (C=O) groups is 1. The lowest BCUT2D eigenvalue weighted by Crippen LogP contribution is -2.31. The number of nitrogens with zero attached hydrogens (tertiary/aromatic N) is 3. The van der Waals surface area contributed by atoms with Crippen molar-refractivity contribution >= 4 is 17.2 Å². The number of rotatable bonds is 7. The standard InChI is InChI=1S/C15H22N4O2S/c1-10(2)7-12(14-16-9-17-19(14)3)18-15(20)13-6-5-11(22-13)8-21-4/h5-6,9-10,12H,7-8H2,1-4H3,(H,18,20). The number of aromatic nitrogens is 3. The van der Waals surface area contributed by atoms with Crippen LogP contribution in [0, 0.1) is 5.92 Å². The highest BCUT2D eigenvalue weighted by Crippen LogP contribution is 2.22. The predicted octanol–water partition coefficient (Wildman–Crippen LogP) is 2.54. The fourth-order valence-corrected chi connectivity index (χ4v) is 3.15. The third kappa shape index (κ3) is 4.14. The van der Waals surface area contributed by atoms with Crippen LogP contribution in [0.4, 0.5) is 0 Å². The SMILES string of the molecule is COCc1ccc(C(=O)NC(CC(C)C)c2ncnn2C)s1. The van der Waals surface area contributed by atoms with Crippen LogP contribution < -0.4 is 5.32 Å². The molecule has 0 fully saturated rings. The van der Waals surface area contributed by atoms with Gasteiger partial charge in [0.25, 0.3) is 5.91 Å². The molecular weight excluding hydrogens is 300 g/mol. The Morgan fingerprint density at radius 2 is 2.23 bits per heavy atom. The lowest BCUT2D eigenvalue weighted by molar-refractivity contribution is 0.0933. The lowest BCUT2D eigenvalue weighted by Gasteiger charge is -2.19. The van der Waals surface area contributed by atoms with Crippen LogP contribution >= 0.6 is 11.3 Å². The highest BCUT2D eigenvalue weighted by Gasteiger charge is 2.21. The van der Waals surface area contributed by atoms with Crippen LogP contribution in [0.25, 0.3) is 0 Å². The minimum Gasteiger partial charge on any atom is -0.379 e. The van der Waals surface area contributed by atoms with Gasteiger partial charge in [-0.15, -0.1) is 11.3 Å². The molecule has 120 valence electrons. The molecule has 0 saturated heterocycles. The Labute approximate surface area is 134 Å². The summed E-state index contributed by atoms with van der Waals surface area (Å²) in [5.74, 6) is 1.13. The summed E-state index contributed by atoms with van der Waals surface area (Å²) in [5, 5.41) is 7.16. The summed E-state index contributed by atoms with van der Waals surface area (Å²) in [6, 6.07) is 3.60. The number of aryl methyl sites for hydroxylation is 1. The maximum absolute atomic E-state index is 12.5. The van der Waals surface area contributed by atoms with Crippen LogP contribution in [0.5, 0.6) is 0 Å². The Balaban J connectivity index is 2.12. The van der Waals surface area contributed by atoms with E-state index in [0.29, 0.717) is 17.4 Å². The van der Waals surface area contributed by atoms with Gasteiger partial charge in [0.15, 0.2) is 0 Å². The summed E-state index contributed by atoms with van der Waals surface area (Å²) in [7, 11) is 3.48. The summed E-state index contributed by atoms with van der Waals surface area (Å²) >= 11 is 1.45. The van der Waals surface area contributed by atoms with Crippen molar-refractivity contribution in [3.05, 3.63) is 34.0 Å². The predicted molar refractivity (Wildman–Crippen MR) is 85.7 cm³/mol. The molecule has 0 radical (unpaired) electrons. The second-order valence-corrected chi connectivity index (χ2v) is 6.76. The lowest BCUT2D eigenvalue weighted by atomic mass is 10.0. The van der Waals surface area contributed by atoms with Crippen molar-refractivity contribution in [2.45, 2.75) is 32.9 Å². The van der Waals surface area contributed by atoms with Gasteiger partial charge < -0.3 is 10.1 Å². The van der Waals surface area contributed by atoms with Crippen molar-refractivity contribution in [1.29, 1.82) is 0 Å². The number of methoxy groups -OCH3 is 1. The van der Waals surface area contributed by atoms with E-state index in [9.17, 15) is 4.79 Å². The number of hydrogen-bond donors (Lipinski definition) is 1. The first kappa shape index (κ1) is 16.6. The Morgan fingerprint density at radius 1 is 1.45 bits per heavy atom. The van der Waals surface area contributed by atoms with Crippen LogP contribution in [0.15, 0.2) is 18.5 Å². The van der Waals surface area contributed by atoms with Gasteiger partial charge in [0.05, 0.1) is 17.5 Å². The zero-order chi connectivity index (χ0) is 16.1. The normalized spacial score (nSPS) is 12.6. The molecule has 22 heavy (non-hydrogen) atoms. The average molecular weight is 322 g/mol. The van der Waals surface area contributed by atoms with Gasteiger partial charge in [-0.05, 0) is 24.5 Å². The maximum atomic E-state index is 12.5. The van der Waals surface area contributed by atoms with Gasteiger partial charge in [0, 0.05) is 19.0 Å². The zero-order valence-electron chi connectivity index (χ0n) is 13.4. The summed E-state index contributed by atoms with van der Waals surface area (Å²) in [6.45, 7) is 4.77. The van der Waals surface area contributed by atoms with Gasteiger partial charge in [-0.1, -0.05) is 13.8 Å². The first-order valence-corrected chi connectivity index (χ1v) is 8.05. The van der Waals surface area contributed by atoms with Gasteiger partial charge in [-0.2, -0.15) is 5.10 Å². The number of amides is 1. The molecule has 6 nitrogen and oxygen atoms in total. The first-order chi connectivity index (χ1) is 10.5. The number of carbonyl (C=O) groups excluding carboxylic acids is 1. The fourth-order valence-electron chi connectivity index (χ4n) is 2.27. The number of hydrogen-bond acceptors (Lipinski definition) is 5. The van der Waals surface area contributed by atoms with Crippen LogP contribution in [-0.4, -0.2) is 27.8 Å². The number of nitrogens with one attached hydrogen (secondary N) is 1. The molecule has 0 aliphatic carbocycles. The molecule has 2 rings (SSSR count). The van der Waals surface area contributed by atoms with Crippen LogP contribution in [0.2, 0.25) is 0 Å². The van der Waals surface area contributed by atoms with Gasteiger partial charge >= 0.3 is 0 Å². The molecular formula is C15H22N4O2S. The first-order valence-electron chi connectivity index (χ1n) is 7.23. The van der Waals surface area contributed by atoms with Crippen LogP contribution in [0.3, 0.4) is 0 Å². The molecule has 1 unspecified atom stereocenters. The second kappa shape index (κ2) is 7.51. The Morgan fingerprint density at radius 3 is 2.82 bits per heavy atom. The minimum absolute atomic E-state index is 0.0824. The average Bonchev–Trinajstić information content (AvgIpc) is 3.07. The van der Waals surface area contributed by atoms with Crippen molar-refractivity contribution in [3.63, 3.8) is 0 Å². The summed E-state index contributed by atoms with van der Waals surface area (Å²) in [6.07, 6.45) is 2.32. The molecule has 0 saturated carbocycles. The van der Waals surface area contributed by atoms with E-state index in [1.165, 1.54) is 17.7 Å². The Bertz CT molecular complexity index is 621. The quantitative estimate of drug-likeness (QED) is 0.850. The highest BCUT2D eigenvalue weighted by atomic mass is 32.1. The van der Waals surface area contributed by atoms with E-state index in [-0.39, 0.29) is 11.9 Å². The van der Waals surface area contributed by atoms with E-state index >= 15 is 0 Å². The fraction of sp³-hybridized carbons (Fsp3) is 0.533. The molecule has 1 amide bonds. The largest absolute Gasteiger partial charge is 0.379 e. The topological polar surface area (TPSA) is 69.0 Å². The van der Waals surface area contributed by atoms with E-state index < -0.39 is 0 Å². The third-order valence-electron chi connectivity index (χ3n) is 3.24. The third-order valence-corrected chi connectivity index (χ3v) is 4.30. The van der Waals surface area contributed by atoms with Gasteiger partial charge in [0.1, 0.15) is 12.2 Å². The summed E-state index contributed by atoms with van der Waals surface area (Å²) in [4.78, 5) is 18.5. The Hall–Kier alpha value is -1.73. The van der Waals surface area contributed by atoms with E-state index in [0.717, 1.165) is 17.1 Å². The van der Waals surface area contributed by atoms with E-state index in [4.69, 9.17) is 4.74 Å². The minimum atomic E-state index is -0.145. The van der Waals surface area contributed by atoms with E-state index in [1.807, 2.05) is 19.2 Å². The maximum Gasteiger partial charge on any atom is 0.261 e. The van der Waals surface area contributed by atoms with Crippen molar-refractivity contribution in [1.82, 2.24) is 20.1 Å². The number of ether oxygens (including phenoxy) is 1. The van der Waals surface area contributed by atoms with Gasteiger partial charge in [-0.25, -0.2) is 4.98 Å². The molecule has 1 atom stereocenters. The van der Waals surface area contributed by atoms with E-state index in [1.54, 1.807) is 11.8 Å². The van der Waals surface area contributed by atoms with Gasteiger partial charge in [-0.3, -0.25) is 9.48 Å². The summed E-state index contributed by atoms with van der Waals surface area (Å²) in [5.41, 5.74) is 0. The van der Waals surface area contributed by atoms with Gasteiger partial charge in [0.2, 0.25) is 0 Å². The second-order valence-electron chi connectivity index (χ2n) is 5.60. The Kier molecular flexibility index (Phi) is 5.68. The van der Waals surface area contributed by atoms with Crippen molar-refractivity contribution in [3.8, 4) is 0 Å². The molecule has 7 heteroatoms. The van der Waals surface area contributed by atoms with Crippen LogP contribution in [-0.2, 0) is 18.4 Å². The molecule has 1 N–H and O–H groups in total. The molecule has 0 spiro atoms. The van der Waals surface area contributed by atoms with Crippen molar-refractivity contribution in [2.24, 2.45) is 13.0 Å². The monoisotopic (exact) mass is 322 g/mol.